The molecule has 1 aliphatic rings. The van der Waals surface area contributed by atoms with Crippen LogP contribution in [0, 0.1) is 22.6 Å². The number of hydrogen-bond donors (Lipinski definition) is 1. The summed E-state index contributed by atoms with van der Waals surface area (Å²) in [6.45, 7) is 10.9. The summed E-state index contributed by atoms with van der Waals surface area (Å²) in [5.41, 5.74) is -0.956. The molecule has 1 heterocycles. The fourth-order valence-electron chi connectivity index (χ4n) is 3.94. The highest BCUT2D eigenvalue weighted by Gasteiger charge is 2.47. The van der Waals surface area contributed by atoms with Gasteiger partial charge in [0, 0.05) is 36.0 Å². The molecule has 0 radical (unpaired) electrons. The molecule has 0 spiro atoms. The number of nitro groups is 1. The van der Waals surface area contributed by atoms with Crippen molar-refractivity contribution in [1.82, 2.24) is 5.32 Å². The van der Waals surface area contributed by atoms with Gasteiger partial charge in [0.1, 0.15) is 5.92 Å². The SMILES string of the molecule is [C-]#[N+]C1=C(C)N(c2cccc(C(F)(F)F)c2)C(=O)C(C(=O)NCC)C1c1ccc([N+](=O)[O-])cc1. The number of halogens is 3. The van der Waals surface area contributed by atoms with E-state index in [9.17, 15) is 32.9 Å². The summed E-state index contributed by atoms with van der Waals surface area (Å²) in [6.07, 6.45) is -4.66. The highest BCUT2D eigenvalue weighted by atomic mass is 19.4. The molecule has 2 aromatic rings. The van der Waals surface area contributed by atoms with E-state index >= 15 is 0 Å². The quantitative estimate of drug-likeness (QED) is 0.297. The third-order valence-corrected chi connectivity index (χ3v) is 5.47. The van der Waals surface area contributed by atoms with Gasteiger partial charge in [0.2, 0.25) is 11.8 Å². The second-order valence-electron chi connectivity index (χ2n) is 7.50. The van der Waals surface area contributed by atoms with Gasteiger partial charge >= 0.3 is 6.18 Å². The molecule has 0 aromatic heterocycles. The molecule has 11 heteroatoms. The van der Waals surface area contributed by atoms with Crippen LogP contribution in [-0.4, -0.2) is 23.3 Å². The van der Waals surface area contributed by atoms with Crippen LogP contribution in [0.5, 0.6) is 0 Å². The monoisotopic (exact) mass is 472 g/mol. The number of rotatable bonds is 5. The third kappa shape index (κ3) is 4.47. The van der Waals surface area contributed by atoms with E-state index in [1.807, 2.05) is 0 Å². The maximum atomic E-state index is 13.6. The van der Waals surface area contributed by atoms with E-state index in [1.165, 1.54) is 37.3 Å². The van der Waals surface area contributed by atoms with Crippen molar-refractivity contribution in [2.45, 2.75) is 25.9 Å². The van der Waals surface area contributed by atoms with Gasteiger partial charge in [-0.05, 0) is 37.6 Å². The number of anilines is 1. The first kappa shape index (κ1) is 24.4. The van der Waals surface area contributed by atoms with E-state index in [1.54, 1.807) is 6.92 Å². The Morgan fingerprint density at radius 2 is 1.88 bits per heavy atom. The predicted molar refractivity (Wildman–Crippen MR) is 116 cm³/mol. The molecule has 2 atom stereocenters. The number of alkyl halides is 3. The van der Waals surface area contributed by atoms with Crippen LogP contribution in [-0.2, 0) is 15.8 Å². The Balaban J connectivity index is 2.22. The lowest BCUT2D eigenvalue weighted by Gasteiger charge is -2.38. The number of nitrogens with one attached hydrogen (secondary N) is 1. The van der Waals surface area contributed by atoms with E-state index in [4.69, 9.17) is 6.57 Å². The zero-order valence-electron chi connectivity index (χ0n) is 18.1. The number of carbonyl (C=O) groups excluding carboxylic acids is 2. The number of non-ortho nitro benzene ring substituents is 1. The van der Waals surface area contributed by atoms with Crippen molar-refractivity contribution in [1.29, 1.82) is 0 Å². The molecule has 176 valence electrons. The summed E-state index contributed by atoms with van der Waals surface area (Å²) in [4.78, 5) is 41.4. The number of nitro benzene ring substituents is 1. The van der Waals surface area contributed by atoms with E-state index in [0.29, 0.717) is 5.56 Å². The molecule has 8 nitrogen and oxygen atoms in total. The largest absolute Gasteiger partial charge is 0.416 e. The summed E-state index contributed by atoms with van der Waals surface area (Å²) in [6, 6.07) is 9.19. The summed E-state index contributed by atoms with van der Waals surface area (Å²) in [7, 11) is 0. The number of benzene rings is 2. The summed E-state index contributed by atoms with van der Waals surface area (Å²) < 4.78 is 39.8. The Hall–Kier alpha value is -4.20. The van der Waals surface area contributed by atoms with Crippen LogP contribution < -0.4 is 10.2 Å². The lowest BCUT2D eigenvalue weighted by molar-refractivity contribution is -0.384. The van der Waals surface area contributed by atoms with Crippen molar-refractivity contribution in [3.8, 4) is 0 Å². The maximum Gasteiger partial charge on any atom is 0.416 e. The smallest absolute Gasteiger partial charge is 0.356 e. The van der Waals surface area contributed by atoms with Gasteiger partial charge in [-0.3, -0.25) is 24.6 Å². The first-order valence-corrected chi connectivity index (χ1v) is 10.1. The minimum Gasteiger partial charge on any atom is -0.356 e. The molecule has 0 saturated carbocycles. The molecule has 3 rings (SSSR count). The first-order valence-electron chi connectivity index (χ1n) is 10.1. The molecular formula is C23H19F3N4O4. The lowest BCUT2D eigenvalue weighted by atomic mass is 9.78. The van der Waals surface area contributed by atoms with Crippen molar-refractivity contribution in [2.75, 3.05) is 11.4 Å². The van der Waals surface area contributed by atoms with Crippen LogP contribution in [0.2, 0.25) is 0 Å². The van der Waals surface area contributed by atoms with Crippen molar-refractivity contribution < 1.29 is 27.7 Å². The lowest BCUT2D eigenvalue weighted by Crippen LogP contribution is -2.49. The van der Waals surface area contributed by atoms with Crippen LogP contribution in [0.1, 0.15) is 30.9 Å². The molecule has 0 bridgehead atoms. The van der Waals surface area contributed by atoms with Gasteiger partial charge in [-0.25, -0.2) is 4.85 Å². The summed E-state index contributed by atoms with van der Waals surface area (Å²) in [5, 5.41) is 13.6. The minimum absolute atomic E-state index is 0.0258. The minimum atomic E-state index is -4.66. The van der Waals surface area contributed by atoms with Gasteiger partial charge in [-0.15, -0.1) is 0 Å². The maximum absolute atomic E-state index is 13.6. The van der Waals surface area contributed by atoms with Gasteiger partial charge in [0.05, 0.1) is 17.1 Å². The van der Waals surface area contributed by atoms with Crippen molar-refractivity contribution in [3.05, 3.63) is 92.6 Å². The van der Waals surface area contributed by atoms with Gasteiger partial charge in [-0.2, -0.15) is 13.2 Å². The van der Waals surface area contributed by atoms with Crippen LogP contribution >= 0.6 is 0 Å². The zero-order valence-corrected chi connectivity index (χ0v) is 18.1. The normalized spacial score (nSPS) is 18.5. The first-order chi connectivity index (χ1) is 16.0. The second kappa shape index (κ2) is 9.35. The Kier molecular flexibility index (Phi) is 6.72. The Morgan fingerprint density at radius 1 is 1.24 bits per heavy atom. The van der Waals surface area contributed by atoms with Gasteiger partial charge in [-0.1, -0.05) is 18.2 Å². The molecule has 0 fully saturated rings. The van der Waals surface area contributed by atoms with Gasteiger partial charge in [0.15, 0.2) is 5.70 Å². The van der Waals surface area contributed by atoms with Gasteiger partial charge in [0.25, 0.3) is 5.69 Å². The number of hydrogen-bond acceptors (Lipinski definition) is 4. The number of allylic oxidation sites excluding steroid dienone is 2. The number of nitrogens with zero attached hydrogens (tertiary/aromatic N) is 3. The molecule has 2 aromatic carbocycles. The number of carbonyl (C=O) groups is 2. The van der Waals surface area contributed by atoms with E-state index < -0.39 is 40.3 Å². The summed E-state index contributed by atoms with van der Waals surface area (Å²) >= 11 is 0. The van der Waals surface area contributed by atoms with Crippen LogP contribution in [0.4, 0.5) is 24.5 Å². The van der Waals surface area contributed by atoms with Crippen LogP contribution in [0.25, 0.3) is 4.85 Å². The van der Waals surface area contributed by atoms with Gasteiger partial charge < -0.3 is 5.32 Å². The molecule has 2 amide bonds. The molecule has 1 N–H and O–H groups in total. The third-order valence-electron chi connectivity index (χ3n) is 5.47. The molecule has 2 unspecified atom stereocenters. The van der Waals surface area contributed by atoms with E-state index in [-0.39, 0.29) is 29.3 Å². The Labute approximate surface area is 192 Å². The zero-order chi connectivity index (χ0) is 25.2. The fraction of sp³-hybridized carbons (Fsp3) is 0.261. The molecule has 34 heavy (non-hydrogen) atoms. The fourth-order valence-corrected chi connectivity index (χ4v) is 3.94. The Morgan fingerprint density at radius 3 is 2.41 bits per heavy atom. The number of amides is 2. The van der Waals surface area contributed by atoms with Crippen molar-refractivity contribution in [3.63, 3.8) is 0 Å². The van der Waals surface area contributed by atoms with E-state index in [2.05, 4.69) is 10.2 Å². The highest BCUT2D eigenvalue weighted by molar-refractivity contribution is 6.11. The standard InChI is InChI=1S/C23H19F3N4O4/c1-4-28-21(31)19-18(14-8-10-16(11-9-14)30(33)34)20(27-3)13(2)29(22(19)32)17-7-5-6-15(12-17)23(24,25)26/h5-12,18-19H,4H2,1-2H3,(H,28,31). The average molecular weight is 472 g/mol. The van der Waals surface area contributed by atoms with Crippen LogP contribution in [0.15, 0.2) is 59.9 Å². The highest BCUT2D eigenvalue weighted by Crippen LogP contribution is 2.44. The van der Waals surface area contributed by atoms with Crippen LogP contribution in [0.3, 0.4) is 0 Å². The summed E-state index contributed by atoms with van der Waals surface area (Å²) in [5.74, 6) is -4.05. The second-order valence-corrected chi connectivity index (χ2v) is 7.50. The topological polar surface area (TPSA) is 96.9 Å². The average Bonchev–Trinajstić information content (AvgIpc) is 2.78. The predicted octanol–water partition coefficient (Wildman–Crippen LogP) is 4.65. The molecule has 0 saturated heterocycles. The van der Waals surface area contributed by atoms with Crippen molar-refractivity contribution >= 4 is 23.2 Å². The molecular weight excluding hydrogens is 453 g/mol. The Bertz CT molecular complexity index is 1220. The molecule has 1 aliphatic heterocycles. The van der Waals surface area contributed by atoms with E-state index in [0.717, 1.165) is 23.1 Å². The van der Waals surface area contributed by atoms with Crippen molar-refractivity contribution in [2.24, 2.45) is 5.92 Å². The molecule has 0 aliphatic carbocycles.